The number of carbonyl (C=O) groups excluding carboxylic acids is 2. The monoisotopic (exact) mass is 347 g/mol. The van der Waals surface area contributed by atoms with Crippen LogP contribution in [0, 0.1) is 0 Å². The van der Waals surface area contributed by atoms with E-state index in [4.69, 9.17) is 22.1 Å². The van der Waals surface area contributed by atoms with Gasteiger partial charge in [-0.2, -0.15) is 0 Å². The predicted molar refractivity (Wildman–Crippen MR) is 87.5 cm³/mol. The van der Waals surface area contributed by atoms with Gasteiger partial charge in [-0.1, -0.05) is 17.7 Å². The third-order valence-corrected chi connectivity index (χ3v) is 3.56. The highest BCUT2D eigenvalue weighted by Crippen LogP contribution is 2.24. The average molecular weight is 348 g/mol. The topological polar surface area (TPSA) is 84.7 Å². The Morgan fingerprint density at radius 1 is 1.59 bits per heavy atom. The lowest BCUT2D eigenvalue weighted by molar-refractivity contribution is -0.128. The maximum Gasteiger partial charge on any atom is 0.249 e. The van der Waals surface area contributed by atoms with Crippen molar-refractivity contribution in [3.05, 3.63) is 29.3 Å². The van der Waals surface area contributed by atoms with Gasteiger partial charge in [0, 0.05) is 24.4 Å². The molecule has 0 radical (unpaired) electrons. The summed E-state index contributed by atoms with van der Waals surface area (Å²) in [6.45, 7) is 0.647. The van der Waals surface area contributed by atoms with E-state index in [9.17, 15) is 9.59 Å². The van der Waals surface area contributed by atoms with Gasteiger partial charge in [0.1, 0.15) is 12.1 Å². The summed E-state index contributed by atoms with van der Waals surface area (Å²) in [5.41, 5.74) is 6.36. The fourth-order valence-corrected chi connectivity index (χ4v) is 2.43. The molecule has 2 rings (SSSR count). The molecule has 8 heteroatoms. The van der Waals surface area contributed by atoms with Gasteiger partial charge in [-0.25, -0.2) is 0 Å². The third-order valence-electron chi connectivity index (χ3n) is 3.32. The van der Waals surface area contributed by atoms with Gasteiger partial charge in [0.25, 0.3) is 0 Å². The Morgan fingerprint density at radius 3 is 2.95 bits per heavy atom. The Labute approximate surface area is 140 Å². The van der Waals surface area contributed by atoms with Gasteiger partial charge < -0.3 is 20.7 Å². The van der Waals surface area contributed by atoms with Gasteiger partial charge in [-0.05, 0) is 24.6 Å². The first-order valence-electron chi connectivity index (χ1n) is 6.64. The van der Waals surface area contributed by atoms with Crippen molar-refractivity contribution in [3.63, 3.8) is 0 Å². The van der Waals surface area contributed by atoms with Crippen LogP contribution in [-0.4, -0.2) is 44.2 Å². The minimum absolute atomic E-state index is 0. The van der Waals surface area contributed by atoms with E-state index in [1.807, 2.05) is 6.07 Å². The third kappa shape index (κ3) is 4.33. The molecule has 0 aliphatic carbocycles. The molecular weight excluding hydrogens is 329 g/mol. The molecule has 0 saturated carbocycles. The van der Waals surface area contributed by atoms with E-state index in [0.717, 1.165) is 5.69 Å². The van der Waals surface area contributed by atoms with Crippen molar-refractivity contribution in [2.24, 2.45) is 5.73 Å². The van der Waals surface area contributed by atoms with Crippen LogP contribution >= 0.6 is 24.0 Å². The maximum atomic E-state index is 12.3. The van der Waals surface area contributed by atoms with Crippen molar-refractivity contribution in [2.45, 2.75) is 18.5 Å². The Morgan fingerprint density at radius 2 is 2.32 bits per heavy atom. The van der Waals surface area contributed by atoms with E-state index in [-0.39, 0.29) is 30.8 Å². The number of nitrogens with zero attached hydrogens (tertiary/aromatic N) is 1. The van der Waals surface area contributed by atoms with Crippen molar-refractivity contribution in [2.75, 3.05) is 25.2 Å². The number of halogens is 2. The minimum atomic E-state index is -0.775. The van der Waals surface area contributed by atoms with Crippen LogP contribution in [0.1, 0.15) is 6.42 Å². The normalized spacial score (nSPS) is 18.8. The second-order valence-electron chi connectivity index (χ2n) is 4.88. The molecule has 1 aromatic carbocycles. The molecule has 0 bridgehead atoms. The number of nitrogens with one attached hydrogen (secondary N) is 1. The quantitative estimate of drug-likeness (QED) is 0.830. The summed E-state index contributed by atoms with van der Waals surface area (Å²) in [6.07, 6.45) is 0.538. The molecule has 3 N–H and O–H groups in total. The molecule has 1 aliphatic heterocycles. The first-order valence-corrected chi connectivity index (χ1v) is 7.02. The first-order chi connectivity index (χ1) is 10.0. The lowest BCUT2D eigenvalue weighted by Crippen LogP contribution is -2.49. The number of benzene rings is 1. The zero-order valence-corrected chi connectivity index (χ0v) is 13.7. The zero-order valence-electron chi connectivity index (χ0n) is 12.1. The Bertz CT molecular complexity index is 542. The van der Waals surface area contributed by atoms with E-state index in [1.54, 1.807) is 23.1 Å². The summed E-state index contributed by atoms with van der Waals surface area (Å²) < 4.78 is 4.82. The fraction of sp³-hybridized carbons (Fsp3) is 0.429. The molecule has 22 heavy (non-hydrogen) atoms. The summed E-state index contributed by atoms with van der Waals surface area (Å²) in [7, 11) is 1.47. The number of rotatable bonds is 5. The molecule has 1 saturated heterocycles. The van der Waals surface area contributed by atoms with Gasteiger partial charge in [0.2, 0.25) is 11.8 Å². The molecule has 2 atom stereocenters. The Hall–Kier alpha value is -1.34. The van der Waals surface area contributed by atoms with E-state index in [1.165, 1.54) is 7.11 Å². The van der Waals surface area contributed by atoms with Gasteiger partial charge in [-0.15, -0.1) is 12.4 Å². The molecule has 122 valence electrons. The molecule has 0 spiro atoms. The standard InChI is InChI=1S/C14H18ClN3O3.ClH/c1-21-8-11(16)13(19)17-12-5-6-18(14(12)20)10-4-2-3-9(15)7-10;/h2-4,7,11-12H,5-6,8,16H2,1H3,(H,17,19);1H. The van der Waals surface area contributed by atoms with Crippen LogP contribution in [-0.2, 0) is 14.3 Å². The Balaban J connectivity index is 0.00000242. The molecule has 1 fully saturated rings. The van der Waals surface area contributed by atoms with Crippen LogP contribution in [0.4, 0.5) is 5.69 Å². The van der Waals surface area contributed by atoms with Crippen LogP contribution < -0.4 is 16.0 Å². The number of anilines is 1. The number of nitrogens with two attached hydrogens (primary N) is 1. The van der Waals surface area contributed by atoms with E-state index in [0.29, 0.717) is 18.0 Å². The van der Waals surface area contributed by atoms with Crippen molar-refractivity contribution in [1.29, 1.82) is 0 Å². The molecular formula is C14H19Cl2N3O3. The number of ether oxygens (including phenoxy) is 1. The molecule has 6 nitrogen and oxygen atoms in total. The number of hydrogen-bond donors (Lipinski definition) is 2. The van der Waals surface area contributed by atoms with Crippen LogP contribution in [0.5, 0.6) is 0 Å². The highest BCUT2D eigenvalue weighted by molar-refractivity contribution is 6.31. The smallest absolute Gasteiger partial charge is 0.249 e. The zero-order chi connectivity index (χ0) is 15.4. The van der Waals surface area contributed by atoms with Gasteiger partial charge in [-0.3, -0.25) is 9.59 Å². The van der Waals surface area contributed by atoms with Crippen molar-refractivity contribution in [1.82, 2.24) is 5.32 Å². The number of amides is 2. The molecule has 1 aliphatic rings. The molecule has 2 amide bonds. The van der Waals surface area contributed by atoms with E-state index < -0.39 is 12.1 Å². The highest BCUT2D eigenvalue weighted by Gasteiger charge is 2.34. The summed E-state index contributed by atoms with van der Waals surface area (Å²) in [5.74, 6) is -0.543. The average Bonchev–Trinajstić information content (AvgIpc) is 2.80. The number of carbonyl (C=O) groups is 2. The summed E-state index contributed by atoms with van der Waals surface area (Å²) in [5, 5.41) is 3.22. The van der Waals surface area contributed by atoms with Gasteiger partial charge in [0.05, 0.1) is 6.61 Å². The van der Waals surface area contributed by atoms with Crippen molar-refractivity contribution < 1.29 is 14.3 Å². The van der Waals surface area contributed by atoms with Crippen LogP contribution in [0.15, 0.2) is 24.3 Å². The highest BCUT2D eigenvalue weighted by atomic mass is 35.5. The summed E-state index contributed by atoms with van der Waals surface area (Å²) in [6, 6.07) is 5.73. The summed E-state index contributed by atoms with van der Waals surface area (Å²) >= 11 is 5.93. The first kappa shape index (κ1) is 18.7. The molecule has 0 aromatic heterocycles. The molecule has 1 aromatic rings. The molecule has 2 unspecified atom stereocenters. The van der Waals surface area contributed by atoms with Crippen LogP contribution in [0.2, 0.25) is 5.02 Å². The maximum absolute atomic E-state index is 12.3. The van der Waals surface area contributed by atoms with E-state index >= 15 is 0 Å². The second kappa shape index (κ2) is 8.33. The summed E-state index contributed by atoms with van der Waals surface area (Å²) in [4.78, 5) is 25.8. The minimum Gasteiger partial charge on any atom is -0.383 e. The van der Waals surface area contributed by atoms with E-state index in [2.05, 4.69) is 5.32 Å². The van der Waals surface area contributed by atoms with Gasteiger partial charge >= 0.3 is 0 Å². The number of methoxy groups -OCH3 is 1. The Kier molecular flexibility index (Phi) is 7.09. The SMILES string of the molecule is COCC(N)C(=O)NC1CCN(c2cccc(Cl)c2)C1=O.Cl. The lowest BCUT2D eigenvalue weighted by atomic mass is 10.2. The second-order valence-corrected chi connectivity index (χ2v) is 5.32. The van der Waals surface area contributed by atoms with Gasteiger partial charge in [0.15, 0.2) is 0 Å². The van der Waals surface area contributed by atoms with Crippen LogP contribution in [0.3, 0.4) is 0 Å². The van der Waals surface area contributed by atoms with Crippen molar-refractivity contribution in [3.8, 4) is 0 Å². The molecule has 1 heterocycles. The largest absolute Gasteiger partial charge is 0.383 e. The fourth-order valence-electron chi connectivity index (χ4n) is 2.25. The number of hydrogen-bond acceptors (Lipinski definition) is 4. The predicted octanol–water partition coefficient (Wildman–Crippen LogP) is 0.957. The van der Waals surface area contributed by atoms with Crippen molar-refractivity contribution >= 4 is 41.5 Å². The lowest BCUT2D eigenvalue weighted by Gasteiger charge is -2.18. The van der Waals surface area contributed by atoms with Crippen LogP contribution in [0.25, 0.3) is 0 Å².